The summed E-state index contributed by atoms with van der Waals surface area (Å²) in [7, 11) is 0. The highest BCUT2D eigenvalue weighted by Gasteiger charge is 2.05. The summed E-state index contributed by atoms with van der Waals surface area (Å²) in [4.78, 5) is 10.3. The molecule has 4 nitrogen and oxygen atoms in total. The molecule has 0 fully saturated rings. The number of carbonyl (C=O) groups is 1. The van der Waals surface area contributed by atoms with Gasteiger partial charge in [-0.05, 0) is 31.0 Å². The van der Waals surface area contributed by atoms with Crippen LogP contribution in [0.25, 0.3) is 0 Å². The normalized spacial score (nSPS) is 12.1. The number of phenols is 1. The molecule has 0 aliphatic rings. The standard InChI is InChI=1S/C10H13NO3/c1-7(11-10(13)14)6-8-2-4-9(12)5-3-8/h2-5,7,11-12H,6H2,1H3,(H,13,14). The van der Waals surface area contributed by atoms with Crippen LogP contribution in [0.4, 0.5) is 4.79 Å². The van der Waals surface area contributed by atoms with Crippen molar-refractivity contribution in [2.45, 2.75) is 19.4 Å². The zero-order chi connectivity index (χ0) is 10.6. The smallest absolute Gasteiger partial charge is 0.404 e. The van der Waals surface area contributed by atoms with Gasteiger partial charge in [-0.25, -0.2) is 4.79 Å². The highest BCUT2D eigenvalue weighted by molar-refractivity contribution is 5.64. The summed E-state index contributed by atoms with van der Waals surface area (Å²) in [6.07, 6.45) is -0.400. The van der Waals surface area contributed by atoms with Crippen LogP contribution in [0.1, 0.15) is 12.5 Å². The van der Waals surface area contributed by atoms with Gasteiger partial charge in [-0.2, -0.15) is 0 Å². The van der Waals surface area contributed by atoms with Crippen LogP contribution < -0.4 is 5.32 Å². The Hall–Kier alpha value is -1.71. The van der Waals surface area contributed by atoms with Gasteiger partial charge in [0.25, 0.3) is 0 Å². The first-order chi connectivity index (χ1) is 6.58. The van der Waals surface area contributed by atoms with Gasteiger partial charge in [-0.1, -0.05) is 12.1 Å². The van der Waals surface area contributed by atoms with Crippen LogP contribution in [-0.4, -0.2) is 22.3 Å². The minimum absolute atomic E-state index is 0.128. The van der Waals surface area contributed by atoms with Gasteiger partial charge in [-0.15, -0.1) is 0 Å². The molecule has 1 rings (SSSR count). The molecular weight excluding hydrogens is 182 g/mol. The van der Waals surface area contributed by atoms with Gasteiger partial charge in [-0.3, -0.25) is 0 Å². The molecule has 1 amide bonds. The number of hydrogen-bond donors (Lipinski definition) is 3. The van der Waals surface area contributed by atoms with Crippen molar-refractivity contribution in [3.05, 3.63) is 29.8 Å². The maximum absolute atomic E-state index is 10.3. The number of rotatable bonds is 3. The Morgan fingerprint density at radius 3 is 2.50 bits per heavy atom. The van der Waals surface area contributed by atoms with Gasteiger partial charge in [0.2, 0.25) is 0 Å². The molecule has 0 saturated carbocycles. The Morgan fingerprint density at radius 1 is 1.43 bits per heavy atom. The van der Waals surface area contributed by atoms with Crippen molar-refractivity contribution in [1.82, 2.24) is 5.32 Å². The molecule has 0 radical (unpaired) electrons. The van der Waals surface area contributed by atoms with E-state index in [0.29, 0.717) is 6.42 Å². The molecule has 0 bridgehead atoms. The fourth-order valence-corrected chi connectivity index (χ4v) is 1.25. The molecule has 0 saturated heterocycles. The van der Waals surface area contributed by atoms with Gasteiger partial charge in [0.05, 0.1) is 0 Å². The van der Waals surface area contributed by atoms with Crippen molar-refractivity contribution in [3.63, 3.8) is 0 Å². The number of hydrogen-bond acceptors (Lipinski definition) is 2. The Kier molecular flexibility index (Phi) is 3.34. The Bertz CT molecular complexity index is 308. The first kappa shape index (κ1) is 10.4. The Balaban J connectivity index is 2.51. The second kappa shape index (κ2) is 4.50. The van der Waals surface area contributed by atoms with Crippen LogP contribution in [0.3, 0.4) is 0 Å². The molecule has 76 valence electrons. The maximum Gasteiger partial charge on any atom is 0.404 e. The van der Waals surface area contributed by atoms with Crippen LogP contribution in [-0.2, 0) is 6.42 Å². The molecule has 1 atom stereocenters. The fraction of sp³-hybridized carbons (Fsp3) is 0.300. The van der Waals surface area contributed by atoms with Crippen molar-refractivity contribution in [2.24, 2.45) is 0 Å². The first-order valence-corrected chi connectivity index (χ1v) is 4.35. The molecule has 0 aliphatic carbocycles. The zero-order valence-corrected chi connectivity index (χ0v) is 7.90. The largest absolute Gasteiger partial charge is 0.508 e. The molecule has 1 aromatic carbocycles. The topological polar surface area (TPSA) is 69.6 Å². The highest BCUT2D eigenvalue weighted by Crippen LogP contribution is 2.10. The van der Waals surface area contributed by atoms with E-state index >= 15 is 0 Å². The van der Waals surface area contributed by atoms with E-state index in [0.717, 1.165) is 5.56 Å². The SMILES string of the molecule is CC(Cc1ccc(O)cc1)NC(=O)O. The van der Waals surface area contributed by atoms with E-state index < -0.39 is 6.09 Å². The predicted molar refractivity (Wildman–Crippen MR) is 52.4 cm³/mol. The van der Waals surface area contributed by atoms with Crippen molar-refractivity contribution >= 4 is 6.09 Å². The molecule has 3 N–H and O–H groups in total. The Morgan fingerprint density at radius 2 is 2.00 bits per heavy atom. The highest BCUT2D eigenvalue weighted by atomic mass is 16.4. The second-order valence-electron chi connectivity index (χ2n) is 3.22. The van der Waals surface area contributed by atoms with E-state index in [-0.39, 0.29) is 11.8 Å². The molecule has 0 spiro atoms. The van der Waals surface area contributed by atoms with Gasteiger partial charge >= 0.3 is 6.09 Å². The monoisotopic (exact) mass is 195 g/mol. The summed E-state index contributed by atoms with van der Waals surface area (Å²) in [5.41, 5.74) is 0.990. The molecule has 14 heavy (non-hydrogen) atoms. The summed E-state index contributed by atoms with van der Waals surface area (Å²) >= 11 is 0. The summed E-state index contributed by atoms with van der Waals surface area (Å²) in [6, 6.07) is 6.59. The molecule has 0 aliphatic heterocycles. The number of nitrogens with one attached hydrogen (secondary N) is 1. The summed E-state index contributed by atoms with van der Waals surface area (Å²) in [5, 5.41) is 19.8. The van der Waals surface area contributed by atoms with Gasteiger partial charge in [0, 0.05) is 6.04 Å². The number of phenolic OH excluding ortho intramolecular Hbond substituents is 1. The summed E-state index contributed by atoms with van der Waals surface area (Å²) in [5.74, 6) is 0.215. The van der Waals surface area contributed by atoms with Crippen molar-refractivity contribution < 1.29 is 15.0 Å². The lowest BCUT2D eigenvalue weighted by molar-refractivity contribution is 0.190. The number of benzene rings is 1. The number of aromatic hydroxyl groups is 1. The van der Waals surface area contributed by atoms with Gasteiger partial charge < -0.3 is 15.5 Å². The number of amides is 1. The van der Waals surface area contributed by atoms with Crippen LogP contribution >= 0.6 is 0 Å². The minimum atomic E-state index is -1.02. The van der Waals surface area contributed by atoms with E-state index in [1.54, 1.807) is 31.2 Å². The maximum atomic E-state index is 10.3. The second-order valence-corrected chi connectivity index (χ2v) is 3.22. The lowest BCUT2D eigenvalue weighted by Crippen LogP contribution is -2.32. The van der Waals surface area contributed by atoms with E-state index in [2.05, 4.69) is 5.32 Å². The molecule has 0 aromatic heterocycles. The third-order valence-electron chi connectivity index (χ3n) is 1.85. The zero-order valence-electron chi connectivity index (χ0n) is 7.90. The summed E-state index contributed by atoms with van der Waals surface area (Å²) < 4.78 is 0. The van der Waals surface area contributed by atoms with E-state index in [9.17, 15) is 4.79 Å². The van der Waals surface area contributed by atoms with Crippen LogP contribution in [0.15, 0.2) is 24.3 Å². The van der Waals surface area contributed by atoms with E-state index in [1.807, 2.05) is 0 Å². The quantitative estimate of drug-likeness (QED) is 0.686. The molecule has 4 heteroatoms. The molecule has 1 aromatic rings. The molecule has 1 unspecified atom stereocenters. The van der Waals surface area contributed by atoms with Crippen LogP contribution in [0.2, 0.25) is 0 Å². The fourth-order valence-electron chi connectivity index (χ4n) is 1.25. The average molecular weight is 195 g/mol. The van der Waals surface area contributed by atoms with Crippen molar-refractivity contribution in [3.8, 4) is 5.75 Å². The van der Waals surface area contributed by atoms with Crippen molar-refractivity contribution in [1.29, 1.82) is 0 Å². The van der Waals surface area contributed by atoms with Crippen molar-refractivity contribution in [2.75, 3.05) is 0 Å². The Labute approximate surface area is 82.2 Å². The van der Waals surface area contributed by atoms with Crippen LogP contribution in [0.5, 0.6) is 5.75 Å². The third-order valence-corrected chi connectivity index (χ3v) is 1.85. The van der Waals surface area contributed by atoms with E-state index in [1.165, 1.54) is 0 Å². The average Bonchev–Trinajstić information content (AvgIpc) is 2.07. The molecular formula is C10H13NO3. The predicted octanol–water partition coefficient (Wildman–Crippen LogP) is 1.59. The minimum Gasteiger partial charge on any atom is -0.508 e. The lowest BCUT2D eigenvalue weighted by atomic mass is 10.1. The third kappa shape index (κ3) is 3.35. The molecule has 0 heterocycles. The van der Waals surface area contributed by atoms with Gasteiger partial charge in [0.15, 0.2) is 0 Å². The summed E-state index contributed by atoms with van der Waals surface area (Å²) in [6.45, 7) is 1.79. The van der Waals surface area contributed by atoms with Crippen LogP contribution in [0, 0.1) is 0 Å². The number of carboxylic acid groups (broad SMARTS) is 1. The van der Waals surface area contributed by atoms with Gasteiger partial charge in [0.1, 0.15) is 5.75 Å². The lowest BCUT2D eigenvalue weighted by Gasteiger charge is -2.10. The first-order valence-electron chi connectivity index (χ1n) is 4.35. The van der Waals surface area contributed by atoms with E-state index in [4.69, 9.17) is 10.2 Å².